The summed E-state index contributed by atoms with van der Waals surface area (Å²) >= 11 is 3.23. The predicted octanol–water partition coefficient (Wildman–Crippen LogP) is 2.04. The molecule has 2 radical (unpaired) electrons. The van der Waals surface area contributed by atoms with Gasteiger partial charge in [0.05, 0.1) is 21.0 Å². The molecule has 0 fully saturated rings. The highest BCUT2D eigenvalue weighted by Crippen LogP contribution is 2.30. The zero-order valence-electron chi connectivity index (χ0n) is 8.68. The highest BCUT2D eigenvalue weighted by atomic mass is 79.9. The third-order valence-electron chi connectivity index (χ3n) is 2.58. The van der Waals surface area contributed by atoms with Crippen LogP contribution in [0.3, 0.4) is 0 Å². The van der Waals surface area contributed by atoms with Crippen molar-refractivity contribution in [3.05, 3.63) is 34.8 Å². The fourth-order valence-electron chi connectivity index (χ4n) is 1.75. The quantitative estimate of drug-likeness (QED) is 0.508. The second-order valence-corrected chi connectivity index (χ2v) is 4.56. The molecule has 0 aliphatic carbocycles. The molecule has 0 bridgehead atoms. The van der Waals surface area contributed by atoms with E-state index in [0.717, 1.165) is 11.0 Å². The molecule has 2 aromatic carbocycles. The summed E-state index contributed by atoms with van der Waals surface area (Å²) < 4.78 is 0.520. The first-order chi connectivity index (χ1) is 8.16. The van der Waals surface area contributed by atoms with Crippen molar-refractivity contribution in [2.45, 2.75) is 0 Å². The lowest BCUT2D eigenvalue weighted by Crippen LogP contribution is -2.07. The Bertz CT molecular complexity index is 745. The van der Waals surface area contributed by atoms with Crippen molar-refractivity contribution in [3.63, 3.8) is 0 Å². The van der Waals surface area contributed by atoms with Gasteiger partial charge in [0.25, 0.3) is 0 Å². The van der Waals surface area contributed by atoms with Crippen molar-refractivity contribution in [1.82, 2.24) is 9.97 Å². The summed E-state index contributed by atoms with van der Waals surface area (Å²) in [5.41, 5.74) is 2.91. The third-order valence-corrected chi connectivity index (χ3v) is 3.18. The van der Waals surface area contributed by atoms with Crippen LogP contribution >= 0.6 is 15.9 Å². The predicted molar refractivity (Wildman–Crippen MR) is 71.8 cm³/mol. The molecule has 0 aliphatic heterocycles. The smallest absolute Gasteiger partial charge is 0.157 e. The molecule has 17 heavy (non-hydrogen) atoms. The van der Waals surface area contributed by atoms with Crippen molar-refractivity contribution < 1.29 is 5.11 Å². The number of aromatic hydroxyl groups is 1. The molecule has 1 heterocycles. The maximum atomic E-state index is 9.94. The van der Waals surface area contributed by atoms with E-state index < -0.39 is 0 Å². The Kier molecular flexibility index (Phi) is 2.29. The molecule has 0 atom stereocenters. The Morgan fingerprint density at radius 1 is 1.06 bits per heavy atom. The van der Waals surface area contributed by atoms with Crippen LogP contribution in [0.25, 0.3) is 22.1 Å². The molecule has 3 nitrogen and oxygen atoms in total. The SMILES string of the molecule is [B]c1cc(Br)c(O)c2nc3ccccc3nc12. The first-order valence-corrected chi connectivity index (χ1v) is 5.79. The van der Waals surface area contributed by atoms with Crippen molar-refractivity contribution in [2.24, 2.45) is 0 Å². The lowest BCUT2D eigenvalue weighted by molar-refractivity contribution is 0.477. The summed E-state index contributed by atoms with van der Waals surface area (Å²) in [5.74, 6) is 0.0625. The van der Waals surface area contributed by atoms with E-state index in [1.165, 1.54) is 0 Å². The Hall–Kier alpha value is -1.62. The molecule has 80 valence electrons. The molecular formula is C12H6BBrN2O. The van der Waals surface area contributed by atoms with Gasteiger partial charge in [-0.1, -0.05) is 17.6 Å². The monoisotopic (exact) mass is 284 g/mol. The summed E-state index contributed by atoms with van der Waals surface area (Å²) in [7, 11) is 5.87. The Morgan fingerprint density at radius 2 is 1.65 bits per heavy atom. The van der Waals surface area contributed by atoms with Crippen molar-refractivity contribution in [1.29, 1.82) is 0 Å². The maximum absolute atomic E-state index is 9.94. The molecule has 5 heteroatoms. The van der Waals surface area contributed by atoms with Crippen LogP contribution in [-0.2, 0) is 0 Å². The van der Waals surface area contributed by atoms with Gasteiger partial charge in [-0.05, 0) is 34.1 Å². The van der Waals surface area contributed by atoms with Crippen LogP contribution in [-0.4, -0.2) is 22.9 Å². The molecular weight excluding hydrogens is 279 g/mol. The van der Waals surface area contributed by atoms with Crippen molar-refractivity contribution in [2.75, 3.05) is 0 Å². The van der Waals surface area contributed by atoms with Gasteiger partial charge in [-0.2, -0.15) is 0 Å². The van der Waals surface area contributed by atoms with Gasteiger partial charge in [0.15, 0.2) is 5.75 Å². The minimum Gasteiger partial charge on any atom is -0.504 e. The molecule has 0 unspecified atom stereocenters. The Balaban J connectivity index is 2.56. The molecule has 0 aliphatic rings. The molecule has 0 saturated carbocycles. The van der Waals surface area contributed by atoms with E-state index in [1.807, 2.05) is 24.3 Å². The molecule has 0 spiro atoms. The number of nitrogens with zero attached hydrogens (tertiary/aromatic N) is 2. The van der Waals surface area contributed by atoms with E-state index in [0.29, 0.717) is 21.0 Å². The number of phenolic OH excluding ortho intramolecular Hbond substituents is 1. The van der Waals surface area contributed by atoms with Gasteiger partial charge in [-0.15, -0.1) is 0 Å². The van der Waals surface area contributed by atoms with Crippen LogP contribution in [0, 0.1) is 0 Å². The van der Waals surface area contributed by atoms with Crippen molar-refractivity contribution >= 4 is 51.3 Å². The Morgan fingerprint density at radius 3 is 2.29 bits per heavy atom. The fraction of sp³-hybridized carbons (Fsp3) is 0. The lowest BCUT2D eigenvalue weighted by atomic mass is 9.94. The van der Waals surface area contributed by atoms with Gasteiger partial charge in [0, 0.05) is 0 Å². The van der Waals surface area contributed by atoms with Gasteiger partial charge in [-0.25, -0.2) is 9.97 Å². The van der Waals surface area contributed by atoms with Crippen LogP contribution in [0.5, 0.6) is 5.75 Å². The highest BCUT2D eigenvalue weighted by molar-refractivity contribution is 9.10. The van der Waals surface area contributed by atoms with Crippen LogP contribution in [0.2, 0.25) is 0 Å². The van der Waals surface area contributed by atoms with E-state index in [9.17, 15) is 5.11 Å². The zero-order chi connectivity index (χ0) is 12.0. The molecule has 0 saturated heterocycles. The van der Waals surface area contributed by atoms with E-state index in [1.54, 1.807) is 6.07 Å². The van der Waals surface area contributed by atoms with E-state index in [-0.39, 0.29) is 5.75 Å². The summed E-state index contributed by atoms with van der Waals surface area (Å²) in [6, 6.07) is 9.10. The maximum Gasteiger partial charge on any atom is 0.157 e. The van der Waals surface area contributed by atoms with Gasteiger partial charge in [-0.3, -0.25) is 0 Å². The standard InChI is InChI=1S/C12H6BBrN2O/c13-6-5-7(14)12(17)11-10(6)15-8-3-1-2-4-9(8)16-11/h1-5,17H. The third kappa shape index (κ3) is 1.58. The summed E-state index contributed by atoms with van der Waals surface area (Å²) in [4.78, 5) is 8.79. The largest absolute Gasteiger partial charge is 0.504 e. The van der Waals surface area contributed by atoms with Gasteiger partial charge in [0.2, 0.25) is 0 Å². The number of rotatable bonds is 0. The highest BCUT2D eigenvalue weighted by Gasteiger charge is 2.11. The Labute approximate surface area is 107 Å². The average Bonchev–Trinajstić information content (AvgIpc) is 2.34. The summed E-state index contributed by atoms with van der Waals surface area (Å²) in [5, 5.41) is 9.94. The minimum atomic E-state index is 0.0625. The number of hydrogen-bond donors (Lipinski definition) is 1. The topological polar surface area (TPSA) is 46.0 Å². The molecule has 1 aromatic heterocycles. The van der Waals surface area contributed by atoms with Crippen molar-refractivity contribution in [3.8, 4) is 5.75 Å². The van der Waals surface area contributed by atoms with E-state index in [2.05, 4.69) is 25.9 Å². The molecule has 3 aromatic rings. The average molecular weight is 285 g/mol. The molecule has 3 rings (SSSR count). The van der Waals surface area contributed by atoms with Crippen LogP contribution < -0.4 is 5.46 Å². The number of aromatic nitrogens is 2. The van der Waals surface area contributed by atoms with E-state index in [4.69, 9.17) is 7.85 Å². The second kappa shape index (κ2) is 3.70. The summed E-state index contributed by atoms with van der Waals surface area (Å²) in [6.45, 7) is 0. The first-order valence-electron chi connectivity index (χ1n) is 5.00. The normalized spacial score (nSPS) is 11.1. The van der Waals surface area contributed by atoms with Gasteiger partial charge in [0.1, 0.15) is 13.4 Å². The van der Waals surface area contributed by atoms with Gasteiger partial charge >= 0.3 is 0 Å². The minimum absolute atomic E-state index is 0.0625. The van der Waals surface area contributed by atoms with Gasteiger partial charge < -0.3 is 5.11 Å². The number of fused-ring (bicyclic) bond motifs is 2. The molecule has 0 amide bonds. The zero-order valence-corrected chi connectivity index (χ0v) is 10.3. The number of halogens is 1. The van der Waals surface area contributed by atoms with Crippen LogP contribution in [0.1, 0.15) is 0 Å². The second-order valence-electron chi connectivity index (χ2n) is 3.71. The number of phenols is 1. The van der Waals surface area contributed by atoms with E-state index >= 15 is 0 Å². The number of benzene rings is 2. The van der Waals surface area contributed by atoms with Crippen LogP contribution in [0.4, 0.5) is 0 Å². The van der Waals surface area contributed by atoms with Crippen LogP contribution in [0.15, 0.2) is 34.8 Å². The lowest BCUT2D eigenvalue weighted by Gasteiger charge is -2.07. The fourth-order valence-corrected chi connectivity index (χ4v) is 2.19. The first kappa shape index (κ1) is 10.5. The molecule has 1 N–H and O–H groups in total. The number of hydrogen-bond acceptors (Lipinski definition) is 3. The summed E-state index contributed by atoms with van der Waals surface area (Å²) in [6.07, 6.45) is 0. The number of para-hydroxylation sites is 2.